The van der Waals surface area contributed by atoms with Gasteiger partial charge in [-0.05, 0) is 25.8 Å². The van der Waals surface area contributed by atoms with E-state index in [1.165, 1.54) is 18.7 Å². The Morgan fingerprint density at radius 3 is 2.50 bits per heavy atom. The van der Waals surface area contributed by atoms with E-state index in [1.807, 2.05) is 0 Å². The molecular weight excluding hydrogens is 317 g/mol. The SMILES string of the molecule is CC(=O)OCC[C@@H]1C(C)=C(C(=O)[O-])N2C(=O)[C@H]([C@@H](C)O)[C@@H]12.[K+]. The fraction of sp³-hybridized carbons (Fsp3) is 0.643. The summed E-state index contributed by atoms with van der Waals surface area (Å²) >= 11 is 0. The fourth-order valence-corrected chi connectivity index (χ4v) is 3.31. The van der Waals surface area contributed by atoms with Crippen molar-refractivity contribution in [2.45, 2.75) is 39.3 Å². The van der Waals surface area contributed by atoms with Crippen molar-refractivity contribution in [1.82, 2.24) is 4.90 Å². The van der Waals surface area contributed by atoms with E-state index in [2.05, 4.69) is 0 Å². The van der Waals surface area contributed by atoms with E-state index in [0.717, 1.165) is 0 Å². The summed E-state index contributed by atoms with van der Waals surface area (Å²) in [5.74, 6) is -3.09. The maximum Gasteiger partial charge on any atom is 1.00 e. The Balaban J connectivity index is 0.00000242. The third kappa shape index (κ3) is 3.32. The molecule has 0 aromatic rings. The molecule has 0 aliphatic carbocycles. The molecule has 0 spiro atoms. The number of hydrogen-bond donors (Lipinski definition) is 1. The number of aliphatic carboxylic acids is 1. The van der Waals surface area contributed by atoms with Crippen LogP contribution >= 0.6 is 0 Å². The molecule has 1 fully saturated rings. The van der Waals surface area contributed by atoms with Crippen molar-refractivity contribution in [2.75, 3.05) is 6.61 Å². The summed E-state index contributed by atoms with van der Waals surface area (Å²) in [5.41, 5.74) is 0.415. The van der Waals surface area contributed by atoms with Crippen LogP contribution in [0.5, 0.6) is 0 Å². The van der Waals surface area contributed by atoms with Gasteiger partial charge >= 0.3 is 57.4 Å². The number of carboxylic acids is 1. The number of rotatable bonds is 5. The zero-order valence-corrected chi connectivity index (χ0v) is 16.3. The molecule has 7 nitrogen and oxygen atoms in total. The number of nitrogens with zero attached hydrogens (tertiary/aromatic N) is 1. The second-order valence-electron chi connectivity index (χ2n) is 5.52. The first-order valence-corrected chi connectivity index (χ1v) is 6.84. The van der Waals surface area contributed by atoms with E-state index < -0.39 is 35.9 Å². The van der Waals surface area contributed by atoms with Gasteiger partial charge in [0.25, 0.3) is 0 Å². The molecule has 0 aromatic carbocycles. The van der Waals surface area contributed by atoms with Crippen LogP contribution in [0.1, 0.15) is 27.2 Å². The predicted octanol–water partition coefficient (Wildman–Crippen LogP) is -4.19. The third-order valence-corrected chi connectivity index (χ3v) is 4.22. The molecule has 0 bridgehead atoms. The van der Waals surface area contributed by atoms with E-state index >= 15 is 0 Å². The van der Waals surface area contributed by atoms with Crippen molar-refractivity contribution in [3.8, 4) is 0 Å². The summed E-state index contributed by atoms with van der Waals surface area (Å²) in [7, 11) is 0. The van der Waals surface area contributed by atoms with E-state index in [-0.39, 0.29) is 69.6 Å². The maximum atomic E-state index is 12.0. The number of carbonyl (C=O) groups excluding carboxylic acids is 3. The molecule has 0 saturated carbocycles. The van der Waals surface area contributed by atoms with Gasteiger partial charge in [-0.3, -0.25) is 9.59 Å². The van der Waals surface area contributed by atoms with Gasteiger partial charge in [0, 0.05) is 12.8 Å². The maximum absolute atomic E-state index is 12.0. The Morgan fingerprint density at radius 2 is 2.05 bits per heavy atom. The zero-order valence-electron chi connectivity index (χ0n) is 13.2. The molecule has 1 amide bonds. The van der Waals surface area contributed by atoms with Crippen LogP contribution in [0.4, 0.5) is 0 Å². The number of carboxylic acid groups (broad SMARTS) is 1. The van der Waals surface area contributed by atoms with Crippen LogP contribution in [0.3, 0.4) is 0 Å². The molecular formula is C14H18KNO6. The second-order valence-corrected chi connectivity index (χ2v) is 5.52. The minimum atomic E-state index is -1.40. The Morgan fingerprint density at radius 1 is 1.45 bits per heavy atom. The van der Waals surface area contributed by atoms with Crippen LogP contribution in [0.15, 0.2) is 11.3 Å². The summed E-state index contributed by atoms with van der Waals surface area (Å²) in [6, 6.07) is -0.402. The third-order valence-electron chi connectivity index (χ3n) is 4.22. The number of β-lactam (4-membered cyclic amide) rings is 1. The molecule has 0 radical (unpaired) electrons. The van der Waals surface area contributed by atoms with Crippen molar-refractivity contribution >= 4 is 17.8 Å². The average molecular weight is 335 g/mol. The van der Waals surface area contributed by atoms with Crippen molar-refractivity contribution in [3.63, 3.8) is 0 Å². The Hall–Kier alpha value is -0.254. The zero-order chi connectivity index (χ0) is 15.9. The van der Waals surface area contributed by atoms with Gasteiger partial charge in [-0.15, -0.1) is 0 Å². The number of esters is 1. The molecule has 1 saturated heterocycles. The Bertz CT molecular complexity index is 529. The first-order valence-electron chi connectivity index (χ1n) is 6.84. The van der Waals surface area contributed by atoms with Crippen molar-refractivity contribution in [3.05, 3.63) is 11.3 Å². The van der Waals surface area contributed by atoms with Crippen LogP contribution < -0.4 is 56.5 Å². The van der Waals surface area contributed by atoms with Crippen LogP contribution in [-0.2, 0) is 19.1 Å². The van der Waals surface area contributed by atoms with Gasteiger partial charge in [0.2, 0.25) is 5.91 Å². The van der Waals surface area contributed by atoms with E-state index in [9.17, 15) is 24.6 Å². The van der Waals surface area contributed by atoms with Crippen LogP contribution in [0.2, 0.25) is 0 Å². The monoisotopic (exact) mass is 335 g/mol. The van der Waals surface area contributed by atoms with E-state index in [4.69, 9.17) is 4.74 Å². The Labute approximate surface area is 171 Å². The minimum absolute atomic E-state index is 0. The number of aliphatic hydroxyl groups is 1. The number of hydrogen-bond acceptors (Lipinski definition) is 6. The van der Waals surface area contributed by atoms with Gasteiger partial charge < -0.3 is 24.6 Å². The molecule has 2 rings (SSSR count). The minimum Gasteiger partial charge on any atom is -0.543 e. The van der Waals surface area contributed by atoms with Gasteiger partial charge in [-0.25, -0.2) is 0 Å². The topological polar surface area (TPSA) is 107 Å². The largest absolute Gasteiger partial charge is 1.00 e. The number of carbonyl (C=O) groups is 3. The summed E-state index contributed by atoms with van der Waals surface area (Å²) in [4.78, 5) is 35.3. The molecule has 2 aliphatic rings. The van der Waals surface area contributed by atoms with Gasteiger partial charge in [0.05, 0.1) is 36.3 Å². The van der Waals surface area contributed by atoms with Crippen molar-refractivity contribution in [2.24, 2.45) is 11.8 Å². The number of amides is 1. The van der Waals surface area contributed by atoms with Gasteiger partial charge in [0.15, 0.2) is 0 Å². The second kappa shape index (κ2) is 7.54. The molecule has 2 aliphatic heterocycles. The molecule has 0 aromatic heterocycles. The molecule has 2 heterocycles. The first kappa shape index (κ1) is 19.8. The fourth-order valence-electron chi connectivity index (χ4n) is 3.31. The van der Waals surface area contributed by atoms with E-state index in [0.29, 0.717) is 12.0 Å². The molecule has 8 heteroatoms. The van der Waals surface area contributed by atoms with Gasteiger partial charge in [-0.2, -0.15) is 0 Å². The summed E-state index contributed by atoms with van der Waals surface area (Å²) in [6.45, 7) is 4.58. The summed E-state index contributed by atoms with van der Waals surface area (Å²) in [6.07, 6.45) is -0.455. The van der Waals surface area contributed by atoms with Crippen LogP contribution in [-0.4, -0.2) is 46.6 Å². The van der Waals surface area contributed by atoms with Crippen LogP contribution in [0, 0.1) is 11.8 Å². The normalized spacial score (nSPS) is 27.7. The predicted molar refractivity (Wildman–Crippen MR) is 68.3 cm³/mol. The quantitative estimate of drug-likeness (QED) is 0.310. The number of aliphatic hydroxyl groups excluding tert-OH is 1. The van der Waals surface area contributed by atoms with Gasteiger partial charge in [0.1, 0.15) is 0 Å². The molecule has 22 heavy (non-hydrogen) atoms. The van der Waals surface area contributed by atoms with Crippen molar-refractivity contribution in [1.29, 1.82) is 0 Å². The van der Waals surface area contributed by atoms with Crippen LogP contribution in [0.25, 0.3) is 0 Å². The van der Waals surface area contributed by atoms with Crippen molar-refractivity contribution < 1.29 is 80.7 Å². The van der Waals surface area contributed by atoms with Gasteiger partial charge in [-0.1, -0.05) is 0 Å². The molecule has 0 unspecified atom stereocenters. The first-order chi connectivity index (χ1) is 9.77. The number of fused-ring (bicyclic) bond motifs is 1. The van der Waals surface area contributed by atoms with E-state index in [1.54, 1.807) is 6.92 Å². The number of ether oxygens (including phenoxy) is 1. The molecule has 1 N–H and O–H groups in total. The summed E-state index contributed by atoms with van der Waals surface area (Å²) < 4.78 is 4.89. The molecule has 4 atom stereocenters. The standard InChI is InChI=1S/C14H19NO6.K/c1-6-9(4-5-21-8(3)17)12-10(7(2)16)13(18)15(12)11(6)14(19)20;/h7,9-10,12,16H,4-5H2,1-3H3,(H,19,20);/q;+1/p-1/t7-,9-,10-,12-;/m1./s1. The smallest absolute Gasteiger partial charge is 0.543 e. The average Bonchev–Trinajstić information content (AvgIpc) is 2.59. The Kier molecular flexibility index (Phi) is 6.79. The summed E-state index contributed by atoms with van der Waals surface area (Å²) in [5, 5.41) is 21.0. The molecule has 116 valence electrons.